The number of benzene rings is 2. The first-order chi connectivity index (χ1) is 17.4. The molecule has 0 spiro atoms. The van der Waals surface area contributed by atoms with Gasteiger partial charge in [0.05, 0.1) is 18.5 Å². The molecule has 36 heavy (non-hydrogen) atoms. The third-order valence-corrected chi connectivity index (χ3v) is 6.76. The number of aryl methyl sites for hydroxylation is 1. The summed E-state index contributed by atoms with van der Waals surface area (Å²) in [5, 5.41) is 11.5. The first-order valence-corrected chi connectivity index (χ1v) is 12.6. The molecule has 2 aromatic carbocycles. The molecule has 0 bridgehead atoms. The Labute approximate surface area is 216 Å². The van der Waals surface area contributed by atoms with Crippen LogP contribution in [0.4, 0.5) is 11.5 Å². The summed E-state index contributed by atoms with van der Waals surface area (Å²) >= 11 is 6.10. The maximum Gasteiger partial charge on any atom is 0.224 e. The second-order valence-corrected chi connectivity index (χ2v) is 9.30. The Morgan fingerprint density at radius 2 is 1.81 bits per heavy atom. The minimum absolute atomic E-state index is 0.0439. The van der Waals surface area contributed by atoms with Crippen molar-refractivity contribution in [1.82, 2.24) is 15.1 Å². The van der Waals surface area contributed by atoms with E-state index < -0.39 is 0 Å². The van der Waals surface area contributed by atoms with Crippen molar-refractivity contribution in [2.24, 2.45) is 5.92 Å². The SMILES string of the molecule is CCC(=O)Nc1c(C)nn(-c2ccc(Cl)cc2)c1N1CCC(C(=O)NCc2ccccc2OC)CC1. The second kappa shape index (κ2) is 11.5. The van der Waals surface area contributed by atoms with Gasteiger partial charge in [-0.3, -0.25) is 9.59 Å². The number of anilines is 2. The molecule has 3 aromatic rings. The molecule has 0 radical (unpaired) electrons. The Morgan fingerprint density at radius 1 is 1.11 bits per heavy atom. The fourth-order valence-electron chi connectivity index (χ4n) is 4.47. The molecule has 1 fully saturated rings. The molecule has 2 heterocycles. The van der Waals surface area contributed by atoms with Gasteiger partial charge in [-0.25, -0.2) is 4.68 Å². The molecule has 190 valence electrons. The van der Waals surface area contributed by atoms with Gasteiger partial charge < -0.3 is 20.3 Å². The zero-order valence-electron chi connectivity index (χ0n) is 20.9. The van der Waals surface area contributed by atoms with Gasteiger partial charge in [0.2, 0.25) is 11.8 Å². The third-order valence-electron chi connectivity index (χ3n) is 6.50. The van der Waals surface area contributed by atoms with E-state index in [9.17, 15) is 9.59 Å². The average Bonchev–Trinajstić information content (AvgIpc) is 3.23. The molecular weight excluding hydrogens is 478 g/mol. The number of carbonyl (C=O) groups is 2. The van der Waals surface area contributed by atoms with Crippen molar-refractivity contribution < 1.29 is 14.3 Å². The van der Waals surface area contributed by atoms with Crippen molar-refractivity contribution >= 4 is 34.9 Å². The fourth-order valence-corrected chi connectivity index (χ4v) is 4.60. The summed E-state index contributed by atoms with van der Waals surface area (Å²) in [7, 11) is 1.63. The van der Waals surface area contributed by atoms with E-state index in [4.69, 9.17) is 21.4 Å². The predicted molar refractivity (Wildman–Crippen MR) is 142 cm³/mol. The van der Waals surface area contributed by atoms with Gasteiger partial charge >= 0.3 is 0 Å². The highest BCUT2D eigenvalue weighted by Crippen LogP contribution is 2.35. The van der Waals surface area contributed by atoms with Gasteiger partial charge in [0.1, 0.15) is 11.4 Å². The number of hydrogen-bond donors (Lipinski definition) is 2. The van der Waals surface area contributed by atoms with E-state index in [2.05, 4.69) is 15.5 Å². The van der Waals surface area contributed by atoms with Crippen LogP contribution in [0.3, 0.4) is 0 Å². The van der Waals surface area contributed by atoms with E-state index >= 15 is 0 Å². The molecule has 1 aliphatic heterocycles. The molecule has 1 aliphatic rings. The molecule has 9 heteroatoms. The second-order valence-electron chi connectivity index (χ2n) is 8.86. The monoisotopic (exact) mass is 509 g/mol. The number of piperidine rings is 1. The zero-order valence-corrected chi connectivity index (χ0v) is 21.6. The summed E-state index contributed by atoms with van der Waals surface area (Å²) < 4.78 is 7.23. The Morgan fingerprint density at radius 3 is 2.47 bits per heavy atom. The number of carbonyl (C=O) groups excluding carboxylic acids is 2. The van der Waals surface area contributed by atoms with Crippen LogP contribution in [0, 0.1) is 12.8 Å². The van der Waals surface area contributed by atoms with Gasteiger partial charge in [-0.1, -0.05) is 36.7 Å². The Bertz CT molecular complexity index is 1220. The number of amides is 2. The lowest BCUT2D eigenvalue weighted by Crippen LogP contribution is -2.41. The zero-order chi connectivity index (χ0) is 25.7. The topological polar surface area (TPSA) is 88.5 Å². The number of methoxy groups -OCH3 is 1. The highest BCUT2D eigenvalue weighted by Gasteiger charge is 2.30. The van der Waals surface area contributed by atoms with Crippen LogP contribution in [0.1, 0.15) is 37.4 Å². The molecule has 0 saturated carbocycles. The molecule has 1 saturated heterocycles. The summed E-state index contributed by atoms with van der Waals surface area (Å²) in [5.41, 5.74) is 3.24. The number of aromatic nitrogens is 2. The highest BCUT2D eigenvalue weighted by molar-refractivity contribution is 6.30. The summed E-state index contributed by atoms with van der Waals surface area (Å²) in [5.74, 6) is 1.48. The van der Waals surface area contributed by atoms with Crippen LogP contribution in [0.5, 0.6) is 5.75 Å². The normalized spacial score (nSPS) is 13.9. The lowest BCUT2D eigenvalue weighted by atomic mass is 9.95. The number of hydrogen-bond acceptors (Lipinski definition) is 5. The number of rotatable bonds is 8. The predicted octanol–water partition coefficient (Wildman–Crippen LogP) is 4.72. The molecule has 0 aliphatic carbocycles. The number of nitrogens with one attached hydrogen (secondary N) is 2. The molecular formula is C27H32ClN5O3. The first-order valence-electron chi connectivity index (χ1n) is 12.2. The minimum Gasteiger partial charge on any atom is -0.496 e. The van der Waals surface area contributed by atoms with Crippen molar-refractivity contribution in [3.8, 4) is 11.4 Å². The van der Waals surface area contributed by atoms with Crippen LogP contribution in [0.2, 0.25) is 5.02 Å². The van der Waals surface area contributed by atoms with Crippen LogP contribution in [-0.4, -0.2) is 41.8 Å². The Hall–Kier alpha value is -3.52. The number of halogens is 1. The Kier molecular flexibility index (Phi) is 8.15. The molecule has 0 unspecified atom stereocenters. The minimum atomic E-state index is -0.0855. The van der Waals surface area contributed by atoms with Gasteiger partial charge in [-0.15, -0.1) is 0 Å². The average molecular weight is 510 g/mol. The van der Waals surface area contributed by atoms with E-state index in [0.29, 0.717) is 49.6 Å². The van der Waals surface area contributed by atoms with E-state index in [1.807, 2.05) is 67.1 Å². The highest BCUT2D eigenvalue weighted by atomic mass is 35.5. The smallest absolute Gasteiger partial charge is 0.224 e. The number of nitrogens with zero attached hydrogens (tertiary/aromatic N) is 3. The van der Waals surface area contributed by atoms with Gasteiger partial charge in [-0.05, 0) is 50.1 Å². The lowest BCUT2D eigenvalue weighted by Gasteiger charge is -2.33. The van der Waals surface area contributed by atoms with Crippen LogP contribution in [0.25, 0.3) is 5.69 Å². The summed E-state index contributed by atoms with van der Waals surface area (Å²) in [6.45, 7) is 5.47. The number of para-hydroxylation sites is 1. The van der Waals surface area contributed by atoms with E-state index in [1.54, 1.807) is 7.11 Å². The van der Waals surface area contributed by atoms with Crippen molar-refractivity contribution in [3.63, 3.8) is 0 Å². The van der Waals surface area contributed by atoms with E-state index in [-0.39, 0.29) is 17.7 Å². The van der Waals surface area contributed by atoms with E-state index in [0.717, 1.165) is 28.5 Å². The maximum absolute atomic E-state index is 12.9. The molecule has 1 aromatic heterocycles. The van der Waals surface area contributed by atoms with Crippen molar-refractivity contribution in [2.75, 3.05) is 30.4 Å². The van der Waals surface area contributed by atoms with Crippen molar-refractivity contribution in [2.45, 2.75) is 39.7 Å². The molecule has 2 amide bonds. The molecule has 8 nitrogen and oxygen atoms in total. The van der Waals surface area contributed by atoms with Crippen LogP contribution in [0.15, 0.2) is 48.5 Å². The summed E-state index contributed by atoms with van der Waals surface area (Å²) in [6, 6.07) is 15.1. The van der Waals surface area contributed by atoms with Crippen LogP contribution in [-0.2, 0) is 16.1 Å². The van der Waals surface area contributed by atoms with Crippen molar-refractivity contribution in [3.05, 3.63) is 64.8 Å². The summed E-state index contributed by atoms with van der Waals surface area (Å²) in [4.78, 5) is 27.4. The first kappa shape index (κ1) is 25.6. The number of ether oxygens (including phenoxy) is 1. The fraction of sp³-hybridized carbons (Fsp3) is 0.370. The quantitative estimate of drug-likeness (QED) is 0.458. The largest absolute Gasteiger partial charge is 0.496 e. The lowest BCUT2D eigenvalue weighted by molar-refractivity contribution is -0.125. The Balaban J connectivity index is 1.49. The molecule has 0 atom stereocenters. The standard InChI is InChI=1S/C27H32ClN5O3/c1-4-24(34)30-25-18(2)31-33(22-11-9-21(28)10-12-22)27(25)32-15-13-19(14-16-32)26(35)29-17-20-7-5-6-8-23(20)36-3/h5-12,19H,4,13-17H2,1-3H3,(H,29,35)(H,30,34). The third kappa shape index (κ3) is 5.65. The van der Waals surface area contributed by atoms with Crippen LogP contribution < -0.4 is 20.3 Å². The molecule has 2 N–H and O–H groups in total. The van der Waals surface area contributed by atoms with Gasteiger partial charge in [0.15, 0.2) is 5.82 Å². The maximum atomic E-state index is 12.9. The van der Waals surface area contributed by atoms with E-state index in [1.165, 1.54) is 0 Å². The molecule has 4 rings (SSSR count). The van der Waals surface area contributed by atoms with Gasteiger partial charge in [0, 0.05) is 42.6 Å². The van der Waals surface area contributed by atoms with Gasteiger partial charge in [-0.2, -0.15) is 5.10 Å². The summed E-state index contributed by atoms with van der Waals surface area (Å²) in [6.07, 6.45) is 1.77. The van der Waals surface area contributed by atoms with Crippen LogP contribution >= 0.6 is 11.6 Å². The van der Waals surface area contributed by atoms with Crippen molar-refractivity contribution in [1.29, 1.82) is 0 Å². The van der Waals surface area contributed by atoms with Gasteiger partial charge in [0.25, 0.3) is 0 Å².